The average Bonchev–Trinajstić information content (AvgIpc) is 2.25. The highest BCUT2D eigenvalue weighted by Crippen LogP contribution is 2.20. The van der Waals surface area contributed by atoms with Gasteiger partial charge in [0, 0.05) is 37.2 Å². The second kappa shape index (κ2) is 5.17. The van der Waals surface area contributed by atoms with Crippen LogP contribution in [-0.4, -0.2) is 30.6 Å². The van der Waals surface area contributed by atoms with Gasteiger partial charge in [0.1, 0.15) is 0 Å². The molecule has 0 aromatic heterocycles. The first kappa shape index (κ1) is 11.9. The summed E-state index contributed by atoms with van der Waals surface area (Å²) in [6.45, 7) is 8.67. The van der Waals surface area contributed by atoms with Gasteiger partial charge in [0.05, 0.1) is 0 Å². The van der Waals surface area contributed by atoms with Crippen molar-refractivity contribution in [3.63, 3.8) is 0 Å². The molecule has 0 amide bonds. The van der Waals surface area contributed by atoms with E-state index in [2.05, 4.69) is 30.1 Å². The van der Waals surface area contributed by atoms with Gasteiger partial charge in [-0.25, -0.2) is 0 Å². The Kier molecular flexibility index (Phi) is 3.85. The second-order valence-electron chi connectivity index (χ2n) is 4.61. The Morgan fingerprint density at radius 1 is 1.50 bits per heavy atom. The number of hydrogen-bond acceptors (Lipinski definition) is 2. The number of piperazine rings is 1. The van der Waals surface area contributed by atoms with Crippen molar-refractivity contribution in [1.29, 1.82) is 0 Å². The van der Waals surface area contributed by atoms with Crippen LogP contribution in [0.2, 0.25) is 5.02 Å². The van der Waals surface area contributed by atoms with Crippen LogP contribution in [0.3, 0.4) is 0 Å². The molecule has 1 aromatic carbocycles. The van der Waals surface area contributed by atoms with Crippen molar-refractivity contribution in [3.8, 4) is 0 Å². The third-order valence-electron chi connectivity index (χ3n) is 3.23. The molecule has 3 heteroatoms. The van der Waals surface area contributed by atoms with Crippen molar-refractivity contribution in [3.05, 3.63) is 34.3 Å². The minimum absolute atomic E-state index is 0.591. The first-order valence-electron chi connectivity index (χ1n) is 5.86. The molecule has 0 aliphatic carbocycles. The van der Waals surface area contributed by atoms with E-state index in [0.717, 1.165) is 31.2 Å². The summed E-state index contributed by atoms with van der Waals surface area (Å²) in [6.07, 6.45) is 0. The highest BCUT2D eigenvalue weighted by Gasteiger charge is 2.16. The Bertz CT molecular complexity index is 365. The maximum absolute atomic E-state index is 6.13. The lowest BCUT2D eigenvalue weighted by atomic mass is 10.1. The van der Waals surface area contributed by atoms with E-state index in [-0.39, 0.29) is 0 Å². The predicted octanol–water partition coefficient (Wildman–Crippen LogP) is 2.44. The fraction of sp³-hybridized carbons (Fsp3) is 0.538. The maximum atomic E-state index is 6.13. The van der Waals surface area contributed by atoms with Gasteiger partial charge in [0.25, 0.3) is 0 Å². The lowest BCUT2D eigenvalue weighted by Crippen LogP contribution is -2.48. The SMILES string of the molecule is Cc1c(Cl)cccc1CN1CCN[C@@H](C)C1. The monoisotopic (exact) mass is 238 g/mol. The summed E-state index contributed by atoms with van der Waals surface area (Å²) in [5.74, 6) is 0. The Hall–Kier alpha value is -0.570. The Morgan fingerprint density at radius 3 is 3.06 bits per heavy atom. The standard InChI is InChI=1S/C13H19ClN2/c1-10-8-16(7-6-15-10)9-12-4-3-5-13(14)11(12)2/h3-5,10,15H,6-9H2,1-2H3/t10-/m0/s1. The number of nitrogens with one attached hydrogen (secondary N) is 1. The van der Waals surface area contributed by atoms with Gasteiger partial charge in [-0.3, -0.25) is 4.90 Å². The van der Waals surface area contributed by atoms with Crippen molar-refractivity contribution in [1.82, 2.24) is 10.2 Å². The van der Waals surface area contributed by atoms with Crippen LogP contribution in [0.15, 0.2) is 18.2 Å². The number of halogens is 1. The molecule has 88 valence electrons. The predicted molar refractivity (Wildman–Crippen MR) is 68.9 cm³/mol. The molecule has 1 heterocycles. The van der Waals surface area contributed by atoms with Gasteiger partial charge < -0.3 is 5.32 Å². The van der Waals surface area contributed by atoms with E-state index in [1.807, 2.05) is 12.1 Å². The van der Waals surface area contributed by atoms with Crippen LogP contribution in [0.1, 0.15) is 18.1 Å². The molecule has 1 aliphatic rings. The van der Waals surface area contributed by atoms with Crippen LogP contribution < -0.4 is 5.32 Å². The maximum Gasteiger partial charge on any atom is 0.0438 e. The van der Waals surface area contributed by atoms with Crippen molar-refractivity contribution >= 4 is 11.6 Å². The normalized spacial score (nSPS) is 22.3. The topological polar surface area (TPSA) is 15.3 Å². The van der Waals surface area contributed by atoms with Gasteiger partial charge in [-0.15, -0.1) is 0 Å². The van der Waals surface area contributed by atoms with Gasteiger partial charge in [-0.1, -0.05) is 23.7 Å². The molecule has 1 aliphatic heterocycles. The molecule has 0 spiro atoms. The highest BCUT2D eigenvalue weighted by molar-refractivity contribution is 6.31. The molecule has 2 nitrogen and oxygen atoms in total. The first-order valence-corrected chi connectivity index (χ1v) is 6.24. The van der Waals surface area contributed by atoms with Crippen molar-refractivity contribution in [2.45, 2.75) is 26.4 Å². The quantitative estimate of drug-likeness (QED) is 0.852. The summed E-state index contributed by atoms with van der Waals surface area (Å²) in [4.78, 5) is 2.49. The van der Waals surface area contributed by atoms with Crippen LogP contribution in [0.5, 0.6) is 0 Å². The van der Waals surface area contributed by atoms with E-state index >= 15 is 0 Å². The first-order chi connectivity index (χ1) is 7.66. The number of hydrogen-bond donors (Lipinski definition) is 1. The van der Waals surface area contributed by atoms with Gasteiger partial charge in [0.15, 0.2) is 0 Å². The smallest absolute Gasteiger partial charge is 0.0438 e. The van der Waals surface area contributed by atoms with Crippen LogP contribution in [0, 0.1) is 6.92 Å². The Balaban J connectivity index is 2.05. The van der Waals surface area contributed by atoms with E-state index in [1.165, 1.54) is 11.1 Å². The highest BCUT2D eigenvalue weighted by atomic mass is 35.5. The molecular weight excluding hydrogens is 220 g/mol. The van der Waals surface area contributed by atoms with E-state index in [1.54, 1.807) is 0 Å². The zero-order chi connectivity index (χ0) is 11.5. The van der Waals surface area contributed by atoms with Crippen molar-refractivity contribution in [2.75, 3.05) is 19.6 Å². The van der Waals surface area contributed by atoms with E-state index in [9.17, 15) is 0 Å². The zero-order valence-corrected chi connectivity index (χ0v) is 10.7. The number of nitrogens with zero attached hydrogens (tertiary/aromatic N) is 1. The summed E-state index contributed by atoms with van der Waals surface area (Å²) < 4.78 is 0. The third-order valence-corrected chi connectivity index (χ3v) is 3.64. The van der Waals surface area contributed by atoms with Gasteiger partial charge >= 0.3 is 0 Å². The van der Waals surface area contributed by atoms with E-state index < -0.39 is 0 Å². The molecule has 0 saturated carbocycles. The average molecular weight is 239 g/mol. The van der Waals surface area contributed by atoms with Crippen LogP contribution in [0.25, 0.3) is 0 Å². The summed E-state index contributed by atoms with van der Waals surface area (Å²) in [5.41, 5.74) is 2.57. The molecule has 1 fully saturated rings. The second-order valence-corrected chi connectivity index (χ2v) is 5.02. The summed E-state index contributed by atoms with van der Waals surface area (Å²) in [7, 11) is 0. The largest absolute Gasteiger partial charge is 0.312 e. The molecule has 1 N–H and O–H groups in total. The summed E-state index contributed by atoms with van der Waals surface area (Å²) >= 11 is 6.13. The van der Waals surface area contributed by atoms with Crippen molar-refractivity contribution < 1.29 is 0 Å². The summed E-state index contributed by atoms with van der Waals surface area (Å²) in [5, 5.41) is 4.33. The molecule has 0 radical (unpaired) electrons. The van der Waals surface area contributed by atoms with Gasteiger partial charge in [-0.05, 0) is 31.0 Å². The zero-order valence-electron chi connectivity index (χ0n) is 9.96. The number of rotatable bonds is 2. The van der Waals surface area contributed by atoms with Gasteiger partial charge in [-0.2, -0.15) is 0 Å². The van der Waals surface area contributed by atoms with Gasteiger partial charge in [0.2, 0.25) is 0 Å². The Morgan fingerprint density at radius 2 is 2.31 bits per heavy atom. The van der Waals surface area contributed by atoms with E-state index in [4.69, 9.17) is 11.6 Å². The molecule has 1 saturated heterocycles. The number of benzene rings is 1. The molecular formula is C13H19ClN2. The molecule has 0 unspecified atom stereocenters. The molecule has 2 rings (SSSR count). The lowest BCUT2D eigenvalue weighted by molar-refractivity contribution is 0.199. The molecule has 1 aromatic rings. The molecule has 1 atom stereocenters. The fourth-order valence-electron chi connectivity index (χ4n) is 2.22. The Labute approximate surface area is 103 Å². The summed E-state index contributed by atoms with van der Waals surface area (Å²) in [6, 6.07) is 6.76. The lowest BCUT2D eigenvalue weighted by Gasteiger charge is -2.32. The molecule has 0 bridgehead atoms. The van der Waals surface area contributed by atoms with E-state index in [0.29, 0.717) is 6.04 Å². The minimum Gasteiger partial charge on any atom is -0.312 e. The van der Waals surface area contributed by atoms with Crippen LogP contribution in [-0.2, 0) is 6.54 Å². The van der Waals surface area contributed by atoms with Crippen LogP contribution >= 0.6 is 11.6 Å². The van der Waals surface area contributed by atoms with Crippen molar-refractivity contribution in [2.24, 2.45) is 0 Å². The third kappa shape index (κ3) is 2.76. The molecule has 16 heavy (non-hydrogen) atoms. The fourth-order valence-corrected chi connectivity index (χ4v) is 2.41. The van der Waals surface area contributed by atoms with Crippen LogP contribution in [0.4, 0.5) is 0 Å². The minimum atomic E-state index is 0.591.